The molecular weight excluding hydrogens is 305 g/mol. The third-order valence-electron chi connectivity index (χ3n) is 3.23. The van der Waals surface area contributed by atoms with Gasteiger partial charge < -0.3 is 4.57 Å². The largest absolute Gasteiger partial charge is 0.322 e. The Morgan fingerprint density at radius 2 is 2.00 bits per heavy atom. The van der Waals surface area contributed by atoms with Crippen molar-refractivity contribution in [2.75, 3.05) is 0 Å². The van der Waals surface area contributed by atoms with Gasteiger partial charge in [-0.25, -0.2) is 4.98 Å². The highest BCUT2D eigenvalue weighted by Crippen LogP contribution is 2.30. The summed E-state index contributed by atoms with van der Waals surface area (Å²) in [7, 11) is 0. The average Bonchev–Trinajstić information content (AvgIpc) is 2.78. The second kappa shape index (κ2) is 5.66. The van der Waals surface area contributed by atoms with Crippen molar-refractivity contribution in [2.45, 2.75) is 20.4 Å². The molecule has 3 rings (SSSR count). The molecule has 0 aliphatic carbocycles. The van der Waals surface area contributed by atoms with Gasteiger partial charge in [-0.1, -0.05) is 43.1 Å². The molecule has 21 heavy (non-hydrogen) atoms. The molecule has 3 aromatic rings. The normalized spacial score (nSPS) is 11.5. The molecule has 0 radical (unpaired) electrons. The molecule has 0 bridgehead atoms. The number of pyridine rings is 1. The first-order chi connectivity index (χ1) is 10.1. The zero-order valence-corrected chi connectivity index (χ0v) is 13.4. The molecule has 108 valence electrons. The lowest BCUT2D eigenvalue weighted by molar-refractivity contribution is 0.536. The van der Waals surface area contributed by atoms with Crippen molar-refractivity contribution in [2.24, 2.45) is 5.92 Å². The first-order valence-electron chi connectivity index (χ1n) is 6.82. The Balaban J connectivity index is 2.29. The van der Waals surface area contributed by atoms with Crippen molar-refractivity contribution in [1.82, 2.24) is 14.5 Å². The predicted molar refractivity (Wildman–Crippen MR) is 87.8 cm³/mol. The highest BCUT2D eigenvalue weighted by molar-refractivity contribution is 6.35. The Bertz CT molecular complexity index is 793. The summed E-state index contributed by atoms with van der Waals surface area (Å²) in [5, 5.41) is 1.31. The van der Waals surface area contributed by atoms with Crippen LogP contribution in [0.1, 0.15) is 13.8 Å². The van der Waals surface area contributed by atoms with E-state index < -0.39 is 0 Å². The molecule has 0 atom stereocenters. The highest BCUT2D eigenvalue weighted by Gasteiger charge is 2.16. The van der Waals surface area contributed by atoms with Crippen LogP contribution in [0, 0.1) is 5.92 Å². The fourth-order valence-corrected chi connectivity index (χ4v) is 2.88. The number of halogens is 2. The highest BCUT2D eigenvalue weighted by atomic mass is 35.5. The average molecular weight is 320 g/mol. The summed E-state index contributed by atoms with van der Waals surface area (Å²) in [6.45, 7) is 5.17. The maximum absolute atomic E-state index is 6.38. The second-order valence-corrected chi connectivity index (χ2v) is 6.28. The van der Waals surface area contributed by atoms with Crippen LogP contribution in [-0.4, -0.2) is 14.5 Å². The number of nitrogens with zero attached hydrogens (tertiary/aromatic N) is 3. The summed E-state index contributed by atoms with van der Waals surface area (Å²) < 4.78 is 2.15. The number of fused-ring (bicyclic) bond motifs is 1. The van der Waals surface area contributed by atoms with Gasteiger partial charge in [0.1, 0.15) is 5.82 Å². The van der Waals surface area contributed by atoms with Crippen molar-refractivity contribution < 1.29 is 0 Å². The third kappa shape index (κ3) is 2.76. The number of aromatic nitrogens is 3. The third-order valence-corrected chi connectivity index (χ3v) is 3.74. The van der Waals surface area contributed by atoms with Crippen LogP contribution in [0.3, 0.4) is 0 Å². The minimum absolute atomic E-state index is 0.476. The van der Waals surface area contributed by atoms with Gasteiger partial charge in [0, 0.05) is 24.5 Å². The Hall–Kier alpha value is -1.58. The van der Waals surface area contributed by atoms with Crippen LogP contribution in [0.15, 0.2) is 36.7 Å². The van der Waals surface area contributed by atoms with E-state index in [2.05, 4.69) is 23.4 Å². The van der Waals surface area contributed by atoms with Crippen LogP contribution in [0.4, 0.5) is 0 Å². The Morgan fingerprint density at radius 3 is 2.71 bits per heavy atom. The molecule has 0 saturated heterocycles. The topological polar surface area (TPSA) is 30.7 Å². The van der Waals surface area contributed by atoms with E-state index in [4.69, 9.17) is 28.2 Å². The second-order valence-electron chi connectivity index (χ2n) is 5.44. The van der Waals surface area contributed by atoms with E-state index in [9.17, 15) is 0 Å². The van der Waals surface area contributed by atoms with Gasteiger partial charge in [0.15, 0.2) is 0 Å². The predicted octanol–water partition coefficient (Wildman–Crippen LogP) is 5.06. The first-order valence-corrected chi connectivity index (χ1v) is 7.57. The molecular formula is C16H15Cl2N3. The zero-order valence-electron chi connectivity index (χ0n) is 11.8. The van der Waals surface area contributed by atoms with Gasteiger partial charge in [-0.05, 0) is 24.1 Å². The Labute approximate surface area is 133 Å². The number of imidazole rings is 1. The fraction of sp³-hybridized carbons (Fsp3) is 0.250. The van der Waals surface area contributed by atoms with Crippen molar-refractivity contribution in [1.29, 1.82) is 0 Å². The SMILES string of the molecule is CC(C)Cn1c(-c2cncc(Cl)c2)nc2cccc(Cl)c21. The number of benzene rings is 1. The Kier molecular flexibility index (Phi) is 3.87. The number of hydrogen-bond acceptors (Lipinski definition) is 2. The minimum Gasteiger partial charge on any atom is -0.322 e. The van der Waals surface area contributed by atoms with Crippen LogP contribution >= 0.6 is 23.2 Å². The molecule has 5 heteroatoms. The lowest BCUT2D eigenvalue weighted by Crippen LogP contribution is -2.06. The van der Waals surface area contributed by atoms with E-state index in [0.29, 0.717) is 16.0 Å². The summed E-state index contributed by atoms with van der Waals surface area (Å²) >= 11 is 12.4. The summed E-state index contributed by atoms with van der Waals surface area (Å²) in [6.07, 6.45) is 3.39. The van der Waals surface area contributed by atoms with E-state index >= 15 is 0 Å². The van der Waals surface area contributed by atoms with Gasteiger partial charge >= 0.3 is 0 Å². The van der Waals surface area contributed by atoms with Crippen LogP contribution < -0.4 is 0 Å². The first kappa shape index (κ1) is 14.4. The quantitative estimate of drug-likeness (QED) is 0.675. The number of para-hydroxylation sites is 1. The number of hydrogen-bond donors (Lipinski definition) is 0. The summed E-state index contributed by atoms with van der Waals surface area (Å²) in [6, 6.07) is 7.65. The molecule has 0 aliphatic heterocycles. The number of rotatable bonds is 3. The molecule has 0 unspecified atom stereocenters. The van der Waals surface area contributed by atoms with Crippen molar-refractivity contribution in [3.05, 3.63) is 46.7 Å². The zero-order chi connectivity index (χ0) is 15.0. The van der Waals surface area contributed by atoms with Gasteiger partial charge in [0.05, 0.1) is 21.1 Å². The smallest absolute Gasteiger partial charge is 0.142 e. The van der Waals surface area contributed by atoms with Gasteiger partial charge in [0.2, 0.25) is 0 Å². The molecule has 3 nitrogen and oxygen atoms in total. The van der Waals surface area contributed by atoms with Crippen molar-refractivity contribution in [3.63, 3.8) is 0 Å². The molecule has 0 amide bonds. The standard InChI is InChI=1S/C16H15Cl2N3/c1-10(2)9-21-15-13(18)4-3-5-14(15)20-16(21)11-6-12(17)8-19-7-11/h3-8,10H,9H2,1-2H3. The van der Waals surface area contributed by atoms with E-state index in [1.54, 1.807) is 12.4 Å². The lowest BCUT2D eigenvalue weighted by Gasteiger charge is -2.12. The monoisotopic (exact) mass is 319 g/mol. The summed E-state index contributed by atoms with van der Waals surface area (Å²) in [5.41, 5.74) is 2.75. The van der Waals surface area contributed by atoms with Crippen LogP contribution in [0.2, 0.25) is 10.0 Å². The molecule has 1 aromatic carbocycles. The van der Waals surface area contributed by atoms with Crippen molar-refractivity contribution in [3.8, 4) is 11.4 Å². The van der Waals surface area contributed by atoms with Crippen LogP contribution in [0.5, 0.6) is 0 Å². The maximum atomic E-state index is 6.38. The summed E-state index contributed by atoms with van der Waals surface area (Å²) in [5.74, 6) is 1.33. The van der Waals surface area contributed by atoms with Gasteiger partial charge in [-0.3, -0.25) is 4.98 Å². The lowest BCUT2D eigenvalue weighted by atomic mass is 10.2. The summed E-state index contributed by atoms with van der Waals surface area (Å²) in [4.78, 5) is 8.87. The van der Waals surface area contributed by atoms with E-state index in [0.717, 1.165) is 29.0 Å². The van der Waals surface area contributed by atoms with Crippen LogP contribution in [-0.2, 0) is 6.54 Å². The van der Waals surface area contributed by atoms with Crippen LogP contribution in [0.25, 0.3) is 22.4 Å². The maximum Gasteiger partial charge on any atom is 0.142 e. The van der Waals surface area contributed by atoms with E-state index in [1.165, 1.54) is 0 Å². The molecule has 0 saturated carbocycles. The Morgan fingerprint density at radius 1 is 1.19 bits per heavy atom. The molecule has 0 aliphatic rings. The van der Waals surface area contributed by atoms with Crippen molar-refractivity contribution >= 4 is 34.2 Å². The fourth-order valence-electron chi connectivity index (χ4n) is 2.44. The van der Waals surface area contributed by atoms with E-state index in [-0.39, 0.29) is 0 Å². The minimum atomic E-state index is 0.476. The van der Waals surface area contributed by atoms with Gasteiger partial charge in [-0.15, -0.1) is 0 Å². The van der Waals surface area contributed by atoms with Gasteiger partial charge in [-0.2, -0.15) is 0 Å². The van der Waals surface area contributed by atoms with Gasteiger partial charge in [0.25, 0.3) is 0 Å². The molecule has 2 heterocycles. The van der Waals surface area contributed by atoms with E-state index in [1.807, 2.05) is 24.3 Å². The molecule has 2 aromatic heterocycles. The molecule has 0 spiro atoms. The molecule has 0 fully saturated rings. The molecule has 0 N–H and O–H groups in total.